The number of esters is 4. The number of unbranched alkanes of at least 4 members (excludes halogenated alkanes) is 4. The minimum absolute atomic E-state index is 0.0905. The summed E-state index contributed by atoms with van der Waals surface area (Å²) in [7, 11) is -9.28. The molecule has 0 radical (unpaired) electrons. The van der Waals surface area contributed by atoms with Crippen LogP contribution in [-0.2, 0) is 99.2 Å². The zero-order valence-electron chi connectivity index (χ0n) is 79.0. The number of aryl methyl sites for hydroxylation is 4. The van der Waals surface area contributed by atoms with Crippen molar-refractivity contribution >= 4 is 92.2 Å². The summed E-state index contributed by atoms with van der Waals surface area (Å²) in [4.78, 5) is 55.5. The average Bonchev–Trinajstić information content (AvgIpc) is 0.803. The van der Waals surface area contributed by atoms with Gasteiger partial charge >= 0.3 is 58.1 Å². The SMILES string of the molecule is CC(C)O[Si](C)(CCCOC(=O)CCc1ccc(N(c2ccc(CCC(=O)OCCC[Si](C)(OC(C)C)OC(C)C)cc2)c2ccc(-c3ccccc3)cc2)cc1)OC(C)C.CCCCO[Si](C)(CCCOC(=O)CCc1ccc(N(c2ccc(CCC(=O)OCCC[Si](C)(OCCCC)OCCCC)cc2)c2ccc(-c3ccccc3)cc2)cc1)OCCCC. The minimum atomic E-state index is -2.35. The van der Waals surface area contributed by atoms with E-state index in [9.17, 15) is 19.2 Å². The molecule has 8 aromatic carbocycles. The molecule has 0 aliphatic heterocycles. The van der Waals surface area contributed by atoms with Crippen molar-refractivity contribution in [2.75, 3.05) is 62.7 Å². The molecule has 0 bridgehead atoms. The molecule has 0 aliphatic rings. The summed E-state index contributed by atoms with van der Waals surface area (Å²) in [5.41, 5.74) is 14.9. The third kappa shape index (κ3) is 39.8. The molecule has 8 rings (SSSR count). The molecule has 126 heavy (non-hydrogen) atoms. The van der Waals surface area contributed by atoms with Gasteiger partial charge in [0, 0.05) is 111 Å². The number of nitrogens with zero attached hydrogens (tertiary/aromatic N) is 2. The summed E-state index contributed by atoms with van der Waals surface area (Å²) in [5.74, 6) is -0.788. The van der Waals surface area contributed by atoms with E-state index in [0.717, 1.165) is 193 Å². The van der Waals surface area contributed by atoms with E-state index in [2.05, 4.69) is 246 Å². The Bertz CT molecular complexity index is 4100. The first-order valence-corrected chi connectivity index (χ1v) is 56.9. The van der Waals surface area contributed by atoms with Gasteiger partial charge in [0.05, 0.1) is 26.4 Å². The summed E-state index contributed by atoms with van der Waals surface area (Å²) in [5, 5.41) is 0. The molecule has 0 fully saturated rings. The number of hydrogen-bond donors (Lipinski definition) is 0. The van der Waals surface area contributed by atoms with E-state index in [1.807, 2.05) is 79.7 Å². The number of ether oxygens (including phenoxy) is 4. The van der Waals surface area contributed by atoms with Crippen LogP contribution in [0.25, 0.3) is 22.3 Å². The Morgan fingerprint density at radius 1 is 0.254 bits per heavy atom. The molecule has 0 unspecified atom stereocenters. The molecule has 22 heteroatoms. The second-order valence-corrected chi connectivity index (χ2v) is 47.6. The van der Waals surface area contributed by atoms with Crippen LogP contribution in [0.15, 0.2) is 206 Å². The predicted molar refractivity (Wildman–Crippen MR) is 523 cm³/mol. The molecule has 0 aliphatic carbocycles. The molecule has 0 atom stereocenters. The lowest BCUT2D eigenvalue weighted by molar-refractivity contribution is -0.144. The van der Waals surface area contributed by atoms with Crippen LogP contribution in [0, 0.1) is 0 Å². The maximum atomic E-state index is 12.8. The monoisotopic (exact) mass is 1800 g/mol. The second-order valence-electron chi connectivity index (χ2n) is 34.5. The van der Waals surface area contributed by atoms with Crippen LogP contribution in [0.1, 0.15) is 208 Å². The predicted octanol–water partition coefficient (Wildman–Crippen LogP) is 26.4. The zero-order chi connectivity index (χ0) is 91.0. The standard InChI is InChI=1S/C54H79NO8Si2.C50H71NO8Si2/c1-7-11-40-60-64(5,61-41-12-8-2)44-18-38-58-53(56)36-26-46-22-30-50(31-23-46)55(52-34-28-49(29-35-52)48-20-16-15-17-21-48)51-32-24-47(25-33-51)27-37-54(57)59-39-19-45-65(6,62-42-13-9-3)63-43-14-10-4;1-38(2)56-60(9,57-39(3)4)36-14-34-54-49(52)32-22-42-18-26-46(27-19-42)51(48-30-24-45(25-31-48)44-16-12-11-13-17-44)47-28-20-43(21-29-47)23-33-50(53)55-35-15-37-61(10,58-40(5)6)59-41(7)8/h15-17,20-25,28-35H,7-14,18-19,26-27,36-45H2,1-6H3;11-13,16-21,24-31,38-41H,14-15,22-23,32-37H2,1-10H3. The van der Waals surface area contributed by atoms with Crippen molar-refractivity contribution in [1.29, 1.82) is 0 Å². The van der Waals surface area contributed by atoms with E-state index >= 15 is 0 Å². The fraction of sp³-hybridized carbons (Fsp3) is 0.500. The van der Waals surface area contributed by atoms with Crippen molar-refractivity contribution in [2.24, 2.45) is 0 Å². The van der Waals surface area contributed by atoms with Gasteiger partial charge in [-0.1, -0.05) is 187 Å². The van der Waals surface area contributed by atoms with Crippen LogP contribution in [0.2, 0.25) is 50.4 Å². The zero-order valence-corrected chi connectivity index (χ0v) is 83.0. The Morgan fingerprint density at radius 2 is 0.452 bits per heavy atom. The highest BCUT2D eigenvalue weighted by atomic mass is 28.4. The number of benzene rings is 8. The van der Waals surface area contributed by atoms with Crippen molar-refractivity contribution in [3.8, 4) is 22.3 Å². The van der Waals surface area contributed by atoms with Gasteiger partial charge in [0.1, 0.15) is 0 Å². The first kappa shape index (κ1) is 105. The van der Waals surface area contributed by atoms with Crippen LogP contribution in [-0.4, -0.2) is 135 Å². The van der Waals surface area contributed by atoms with Crippen LogP contribution >= 0.6 is 0 Å². The minimum Gasteiger partial charge on any atom is -0.466 e. The van der Waals surface area contributed by atoms with Crippen LogP contribution < -0.4 is 9.80 Å². The summed E-state index contributed by atoms with van der Waals surface area (Å²) >= 11 is 0. The quantitative estimate of drug-likeness (QED) is 0.0151. The molecule has 0 saturated heterocycles. The van der Waals surface area contributed by atoms with Gasteiger partial charge in [0.15, 0.2) is 0 Å². The Hall–Kier alpha value is -8.21. The molecular weight excluding hydrogens is 1650 g/mol. The molecule has 0 N–H and O–H groups in total. The number of rotatable bonds is 60. The van der Waals surface area contributed by atoms with Gasteiger partial charge in [0.2, 0.25) is 0 Å². The Balaban J connectivity index is 0.000000346. The van der Waals surface area contributed by atoms with E-state index in [1.165, 1.54) is 0 Å². The summed E-state index contributed by atoms with van der Waals surface area (Å²) < 4.78 is 72.3. The molecule has 0 spiro atoms. The van der Waals surface area contributed by atoms with Crippen molar-refractivity contribution in [2.45, 2.75) is 286 Å². The molecule has 688 valence electrons. The van der Waals surface area contributed by atoms with Crippen LogP contribution in [0.3, 0.4) is 0 Å². The highest BCUT2D eigenvalue weighted by molar-refractivity contribution is 6.67. The summed E-state index contributed by atoms with van der Waals surface area (Å²) in [6.45, 7) is 37.7. The van der Waals surface area contributed by atoms with Crippen LogP contribution in [0.5, 0.6) is 0 Å². The number of hydrogen-bond acceptors (Lipinski definition) is 18. The van der Waals surface area contributed by atoms with E-state index in [4.69, 9.17) is 54.4 Å². The lowest BCUT2D eigenvalue weighted by Gasteiger charge is -2.31. The Kier molecular flexibility index (Phi) is 47.4. The fourth-order valence-electron chi connectivity index (χ4n) is 15.0. The average molecular weight is 1800 g/mol. The van der Waals surface area contributed by atoms with Gasteiger partial charge in [-0.2, -0.15) is 0 Å². The number of carbonyl (C=O) groups excluding carboxylic acids is 4. The normalized spacial score (nSPS) is 11.9. The first-order valence-electron chi connectivity index (χ1n) is 46.8. The van der Waals surface area contributed by atoms with Crippen molar-refractivity contribution < 1.29 is 73.5 Å². The summed E-state index contributed by atoms with van der Waals surface area (Å²) in [6.07, 6.45) is 15.3. The third-order valence-corrected chi connectivity index (χ3v) is 33.6. The second kappa shape index (κ2) is 57.0. The van der Waals surface area contributed by atoms with Gasteiger partial charge in [0.25, 0.3) is 0 Å². The maximum Gasteiger partial charge on any atom is 0.335 e. The molecule has 0 aromatic heterocycles. The van der Waals surface area contributed by atoms with Gasteiger partial charge in [-0.3, -0.25) is 19.2 Å². The maximum absolute atomic E-state index is 12.8. The van der Waals surface area contributed by atoms with Crippen molar-refractivity contribution in [3.63, 3.8) is 0 Å². The Labute approximate surface area is 760 Å². The largest absolute Gasteiger partial charge is 0.466 e. The van der Waals surface area contributed by atoms with Crippen molar-refractivity contribution in [3.05, 3.63) is 229 Å². The number of anilines is 6. The Morgan fingerprint density at radius 3 is 0.659 bits per heavy atom. The smallest absolute Gasteiger partial charge is 0.335 e. The van der Waals surface area contributed by atoms with Gasteiger partial charge in [-0.25, -0.2) is 0 Å². The van der Waals surface area contributed by atoms with E-state index in [0.29, 0.717) is 90.6 Å². The van der Waals surface area contributed by atoms with Gasteiger partial charge in [-0.15, -0.1) is 0 Å². The van der Waals surface area contributed by atoms with E-state index in [-0.39, 0.29) is 48.3 Å². The lowest BCUT2D eigenvalue weighted by atomic mass is 10.0. The van der Waals surface area contributed by atoms with E-state index in [1.54, 1.807) is 0 Å². The van der Waals surface area contributed by atoms with Crippen LogP contribution in [0.4, 0.5) is 34.1 Å². The molecule has 0 heterocycles. The van der Waals surface area contributed by atoms with Gasteiger partial charge < -0.3 is 64.2 Å². The highest BCUT2D eigenvalue weighted by Gasteiger charge is 2.36. The fourth-order valence-corrected chi connectivity index (χ4v) is 25.8. The first-order chi connectivity index (χ1) is 60.6. The van der Waals surface area contributed by atoms with E-state index < -0.39 is 34.2 Å². The van der Waals surface area contributed by atoms with Gasteiger partial charge in [-0.05, 0) is 300 Å². The summed E-state index contributed by atoms with van der Waals surface area (Å²) in [6, 6.07) is 74.6. The van der Waals surface area contributed by atoms with Crippen molar-refractivity contribution in [1.82, 2.24) is 0 Å². The molecule has 8 aromatic rings. The molecular formula is C104H150N2O16Si4. The molecule has 0 saturated carbocycles. The third-order valence-electron chi connectivity index (χ3n) is 21.4. The topological polar surface area (TPSA) is 186 Å². The molecule has 18 nitrogen and oxygen atoms in total. The highest BCUT2D eigenvalue weighted by Crippen LogP contribution is 2.39. The lowest BCUT2D eigenvalue weighted by Crippen LogP contribution is -2.43. The molecule has 0 amide bonds. The number of carbonyl (C=O) groups is 4.